The van der Waals surface area contributed by atoms with Crippen LogP contribution in [0.3, 0.4) is 0 Å². The number of aromatic nitrogens is 2. The molecule has 6 heteroatoms. The van der Waals surface area contributed by atoms with E-state index in [0.29, 0.717) is 17.2 Å². The van der Waals surface area contributed by atoms with Crippen LogP contribution in [0.25, 0.3) is 0 Å². The molecule has 19 heavy (non-hydrogen) atoms. The van der Waals surface area contributed by atoms with Crippen LogP contribution in [-0.4, -0.2) is 17.0 Å². The molecule has 96 valence electrons. The Morgan fingerprint density at radius 2 is 1.95 bits per heavy atom. The lowest BCUT2D eigenvalue weighted by Gasteiger charge is -2.10. The fourth-order valence-electron chi connectivity index (χ4n) is 1.62. The Kier molecular flexibility index (Phi) is 3.48. The van der Waals surface area contributed by atoms with Crippen molar-refractivity contribution in [3.05, 3.63) is 35.4 Å². The van der Waals surface area contributed by atoms with Gasteiger partial charge in [0.1, 0.15) is 11.6 Å². The van der Waals surface area contributed by atoms with Gasteiger partial charge in [-0.3, -0.25) is 0 Å². The molecule has 2 aromatic rings. The molecule has 6 nitrogen and oxygen atoms in total. The van der Waals surface area contributed by atoms with E-state index in [4.69, 9.17) is 11.0 Å². The first-order valence-corrected chi connectivity index (χ1v) is 5.72. The highest BCUT2D eigenvalue weighted by Gasteiger charge is 2.04. The van der Waals surface area contributed by atoms with Crippen molar-refractivity contribution >= 4 is 23.3 Å². The Morgan fingerprint density at radius 1 is 1.21 bits per heavy atom. The van der Waals surface area contributed by atoms with Gasteiger partial charge in [0.15, 0.2) is 0 Å². The topological polar surface area (TPSA) is 99.6 Å². The third-order valence-corrected chi connectivity index (χ3v) is 2.63. The van der Waals surface area contributed by atoms with Gasteiger partial charge in [-0.05, 0) is 24.6 Å². The first kappa shape index (κ1) is 12.6. The second kappa shape index (κ2) is 5.23. The predicted octanol–water partition coefficient (Wildman–Crippen LogP) is 2.02. The van der Waals surface area contributed by atoms with Crippen molar-refractivity contribution in [3.8, 4) is 6.07 Å². The maximum atomic E-state index is 8.91. The summed E-state index contributed by atoms with van der Waals surface area (Å²) in [4.78, 5) is 8.12. The minimum atomic E-state index is 0.184. The highest BCUT2D eigenvalue weighted by molar-refractivity contribution is 5.65. The van der Waals surface area contributed by atoms with Gasteiger partial charge in [0, 0.05) is 18.8 Å². The average molecular weight is 254 g/mol. The van der Waals surface area contributed by atoms with E-state index in [9.17, 15) is 0 Å². The van der Waals surface area contributed by atoms with E-state index < -0.39 is 0 Å². The van der Waals surface area contributed by atoms with Crippen molar-refractivity contribution in [2.75, 3.05) is 23.4 Å². The number of nitrogens with one attached hydrogen (secondary N) is 2. The van der Waals surface area contributed by atoms with Gasteiger partial charge in [-0.25, -0.2) is 0 Å². The average Bonchev–Trinajstić information content (AvgIpc) is 2.40. The van der Waals surface area contributed by atoms with E-state index in [2.05, 4.69) is 26.7 Å². The third-order valence-electron chi connectivity index (χ3n) is 2.63. The summed E-state index contributed by atoms with van der Waals surface area (Å²) in [6.45, 7) is 1.95. The largest absolute Gasteiger partial charge is 0.373 e. The molecule has 0 bridgehead atoms. The van der Waals surface area contributed by atoms with Crippen molar-refractivity contribution in [1.29, 1.82) is 5.26 Å². The summed E-state index contributed by atoms with van der Waals surface area (Å²) in [5, 5.41) is 15.0. The smallest absolute Gasteiger partial charge is 0.223 e. The zero-order valence-corrected chi connectivity index (χ0v) is 10.7. The Morgan fingerprint density at radius 3 is 2.63 bits per heavy atom. The molecule has 2 rings (SSSR count). The van der Waals surface area contributed by atoms with Crippen LogP contribution < -0.4 is 16.4 Å². The summed E-state index contributed by atoms with van der Waals surface area (Å²) in [6.07, 6.45) is 0. The molecule has 0 radical (unpaired) electrons. The lowest BCUT2D eigenvalue weighted by molar-refractivity contribution is 1.17. The molecule has 0 aliphatic carbocycles. The second-order valence-corrected chi connectivity index (χ2v) is 4.01. The minimum absolute atomic E-state index is 0.184. The van der Waals surface area contributed by atoms with Crippen molar-refractivity contribution in [2.24, 2.45) is 0 Å². The molecule has 1 aromatic heterocycles. The van der Waals surface area contributed by atoms with E-state index in [-0.39, 0.29) is 5.95 Å². The molecule has 4 N–H and O–H groups in total. The van der Waals surface area contributed by atoms with Crippen LogP contribution in [0.2, 0.25) is 0 Å². The summed E-state index contributed by atoms with van der Waals surface area (Å²) >= 11 is 0. The standard InChI is InChI=1S/C13H14N6/c1-8-3-4-9(7-14)5-10(8)17-12-6-11(16-2)18-13(15)19-12/h3-6H,1-2H3,(H4,15,16,17,18,19). The quantitative estimate of drug-likeness (QED) is 0.775. The molecule has 0 atom stereocenters. The number of nitriles is 1. The summed E-state index contributed by atoms with van der Waals surface area (Å²) in [7, 11) is 1.76. The monoisotopic (exact) mass is 254 g/mol. The number of hydrogen-bond acceptors (Lipinski definition) is 6. The first-order valence-electron chi connectivity index (χ1n) is 5.72. The summed E-state index contributed by atoms with van der Waals surface area (Å²) in [6, 6.07) is 9.27. The van der Waals surface area contributed by atoms with E-state index in [1.54, 1.807) is 25.2 Å². The van der Waals surface area contributed by atoms with Crippen molar-refractivity contribution in [3.63, 3.8) is 0 Å². The van der Waals surface area contributed by atoms with Crippen LogP contribution in [0.15, 0.2) is 24.3 Å². The van der Waals surface area contributed by atoms with Gasteiger partial charge in [0.2, 0.25) is 5.95 Å². The van der Waals surface area contributed by atoms with Gasteiger partial charge in [0.05, 0.1) is 11.6 Å². The Hall–Kier alpha value is -2.81. The summed E-state index contributed by atoms with van der Waals surface area (Å²) < 4.78 is 0. The van der Waals surface area contributed by atoms with Crippen LogP contribution >= 0.6 is 0 Å². The molecule has 0 spiro atoms. The fourth-order valence-corrected chi connectivity index (χ4v) is 1.62. The van der Waals surface area contributed by atoms with Gasteiger partial charge in [-0.15, -0.1) is 0 Å². The van der Waals surface area contributed by atoms with Crippen LogP contribution in [0, 0.1) is 18.3 Å². The lowest BCUT2D eigenvalue weighted by atomic mass is 10.1. The first-order chi connectivity index (χ1) is 9.12. The zero-order chi connectivity index (χ0) is 13.8. The Bertz CT molecular complexity index is 644. The second-order valence-electron chi connectivity index (χ2n) is 4.01. The number of nitrogen functional groups attached to an aromatic ring is 1. The fraction of sp³-hybridized carbons (Fsp3) is 0.154. The molecule has 0 saturated carbocycles. The van der Waals surface area contributed by atoms with Crippen molar-refractivity contribution < 1.29 is 0 Å². The molecule has 0 saturated heterocycles. The molecular weight excluding hydrogens is 240 g/mol. The normalized spacial score (nSPS) is 9.74. The zero-order valence-electron chi connectivity index (χ0n) is 10.7. The number of benzene rings is 1. The number of hydrogen-bond donors (Lipinski definition) is 3. The van der Waals surface area contributed by atoms with Crippen molar-refractivity contribution in [2.45, 2.75) is 6.92 Å². The summed E-state index contributed by atoms with van der Waals surface area (Å²) in [5.74, 6) is 1.39. The molecule has 0 unspecified atom stereocenters. The van der Waals surface area contributed by atoms with E-state index in [1.165, 1.54) is 0 Å². The highest BCUT2D eigenvalue weighted by Crippen LogP contribution is 2.22. The van der Waals surface area contributed by atoms with Gasteiger partial charge in [-0.2, -0.15) is 15.2 Å². The van der Waals surface area contributed by atoms with Crippen LogP contribution in [-0.2, 0) is 0 Å². The van der Waals surface area contributed by atoms with Gasteiger partial charge in [0.25, 0.3) is 0 Å². The highest BCUT2D eigenvalue weighted by atomic mass is 15.1. The van der Waals surface area contributed by atoms with Gasteiger partial charge >= 0.3 is 0 Å². The molecule has 0 fully saturated rings. The van der Waals surface area contributed by atoms with Crippen LogP contribution in [0.5, 0.6) is 0 Å². The van der Waals surface area contributed by atoms with E-state index in [1.807, 2.05) is 13.0 Å². The van der Waals surface area contributed by atoms with E-state index in [0.717, 1.165) is 11.3 Å². The number of nitrogens with two attached hydrogens (primary N) is 1. The molecule has 0 aliphatic heterocycles. The van der Waals surface area contributed by atoms with Gasteiger partial charge in [-0.1, -0.05) is 6.07 Å². The molecular formula is C13H14N6. The molecule has 0 amide bonds. The number of rotatable bonds is 3. The maximum absolute atomic E-state index is 8.91. The minimum Gasteiger partial charge on any atom is -0.373 e. The molecule has 0 aliphatic rings. The SMILES string of the molecule is CNc1cc(Nc2cc(C#N)ccc2C)nc(N)n1. The Balaban J connectivity index is 2.36. The van der Waals surface area contributed by atoms with Crippen LogP contribution in [0.1, 0.15) is 11.1 Å². The Labute approximate surface area is 111 Å². The number of aryl methyl sites for hydroxylation is 1. The molecule has 1 aromatic carbocycles. The third kappa shape index (κ3) is 2.90. The number of anilines is 4. The lowest BCUT2D eigenvalue weighted by Crippen LogP contribution is -2.04. The van der Waals surface area contributed by atoms with E-state index >= 15 is 0 Å². The number of nitrogens with zero attached hydrogens (tertiary/aromatic N) is 3. The predicted molar refractivity (Wildman–Crippen MR) is 75.2 cm³/mol. The van der Waals surface area contributed by atoms with Crippen LogP contribution in [0.4, 0.5) is 23.3 Å². The van der Waals surface area contributed by atoms with Gasteiger partial charge < -0.3 is 16.4 Å². The molecule has 1 heterocycles. The van der Waals surface area contributed by atoms with Crippen molar-refractivity contribution in [1.82, 2.24) is 9.97 Å². The summed E-state index contributed by atoms with van der Waals surface area (Å²) in [5.41, 5.74) is 8.05. The maximum Gasteiger partial charge on any atom is 0.223 e.